The van der Waals surface area contributed by atoms with Crippen LogP contribution in [0.25, 0.3) is 0 Å². The van der Waals surface area contributed by atoms with Crippen LogP contribution in [0.5, 0.6) is 5.75 Å². The zero-order chi connectivity index (χ0) is 21.6. The lowest BCUT2D eigenvalue weighted by atomic mass is 9.91. The summed E-state index contributed by atoms with van der Waals surface area (Å²) in [6.45, 7) is 7.07. The number of carbonyl (C=O) groups excluding carboxylic acids is 1. The number of thioether (sulfide) groups is 1. The van der Waals surface area contributed by atoms with Crippen LogP contribution in [0.4, 0.5) is 0 Å². The normalized spacial score (nSPS) is 18.5. The molecule has 1 aliphatic heterocycles. The molecule has 4 rings (SSSR count). The highest BCUT2D eigenvalue weighted by atomic mass is 32.2. The number of hydrogen-bond donors (Lipinski definition) is 1. The van der Waals surface area contributed by atoms with Gasteiger partial charge in [-0.2, -0.15) is 16.9 Å². The minimum Gasteiger partial charge on any atom is -0.497 e. The molecule has 1 aliphatic carbocycles. The fraction of sp³-hybridized carbons (Fsp3) is 0.500. The van der Waals surface area contributed by atoms with Gasteiger partial charge in [-0.15, -0.1) is 6.58 Å². The molecule has 1 saturated heterocycles. The second-order valence-corrected chi connectivity index (χ2v) is 9.37. The minimum atomic E-state index is 0.0956. The van der Waals surface area contributed by atoms with Crippen molar-refractivity contribution < 1.29 is 9.53 Å². The molecule has 1 aromatic carbocycles. The maximum absolute atomic E-state index is 13.2. The number of nitrogens with one attached hydrogen (secondary N) is 1. The molecule has 1 atom stereocenters. The summed E-state index contributed by atoms with van der Waals surface area (Å²) in [4.78, 5) is 15.2. The molecular formula is C24H32N4O2S. The molecule has 1 N–H and O–H groups in total. The van der Waals surface area contributed by atoms with Gasteiger partial charge in [-0.25, -0.2) is 0 Å². The molecule has 6 nitrogen and oxygen atoms in total. The third-order valence-corrected chi connectivity index (χ3v) is 7.10. The number of hydrogen-bond acceptors (Lipinski definition) is 5. The first-order chi connectivity index (χ1) is 15.2. The number of rotatable bonds is 8. The maximum Gasteiger partial charge on any atom is 0.274 e. The average Bonchev–Trinajstić information content (AvgIpc) is 3.17. The van der Waals surface area contributed by atoms with Crippen LogP contribution in [0.15, 0.2) is 36.9 Å². The van der Waals surface area contributed by atoms with E-state index < -0.39 is 0 Å². The number of carbonyl (C=O) groups is 1. The number of nitrogens with zero attached hydrogens (tertiary/aromatic N) is 3. The quantitative estimate of drug-likeness (QED) is 0.640. The Kier molecular flexibility index (Phi) is 7.35. The van der Waals surface area contributed by atoms with Crippen molar-refractivity contribution in [2.45, 2.75) is 38.3 Å². The van der Waals surface area contributed by atoms with E-state index in [4.69, 9.17) is 9.84 Å². The maximum atomic E-state index is 13.2. The molecule has 0 saturated carbocycles. The highest BCUT2D eigenvalue weighted by Crippen LogP contribution is 2.27. The first-order valence-electron chi connectivity index (χ1n) is 11.1. The Hall–Kier alpha value is -2.25. The first kappa shape index (κ1) is 22.0. The van der Waals surface area contributed by atoms with Crippen LogP contribution in [0.2, 0.25) is 0 Å². The van der Waals surface area contributed by atoms with Crippen LogP contribution in [-0.4, -0.2) is 64.9 Å². The molecule has 0 radical (unpaired) electrons. The Bertz CT molecular complexity index is 903. The van der Waals surface area contributed by atoms with E-state index >= 15 is 0 Å². The zero-order valence-corrected chi connectivity index (χ0v) is 19.1. The molecule has 2 heterocycles. The second kappa shape index (κ2) is 10.4. The smallest absolute Gasteiger partial charge is 0.274 e. The SMILES string of the molecule is C=CCn1nc(C(=O)N2CCSCC2)c2c1CC[C@@H](NCCc1ccc(OC)cc1)C2. The zero-order valence-electron chi connectivity index (χ0n) is 18.3. The van der Waals surface area contributed by atoms with Crippen molar-refractivity contribution in [3.05, 3.63) is 59.4 Å². The third-order valence-electron chi connectivity index (χ3n) is 6.16. The van der Waals surface area contributed by atoms with Crippen LogP contribution in [0.1, 0.15) is 33.7 Å². The Balaban J connectivity index is 1.42. The molecule has 0 bridgehead atoms. The van der Waals surface area contributed by atoms with Gasteiger partial charge in [-0.1, -0.05) is 18.2 Å². The van der Waals surface area contributed by atoms with Crippen LogP contribution >= 0.6 is 11.8 Å². The highest BCUT2D eigenvalue weighted by molar-refractivity contribution is 7.99. The van der Waals surface area contributed by atoms with Gasteiger partial charge in [0.2, 0.25) is 0 Å². The predicted molar refractivity (Wildman–Crippen MR) is 126 cm³/mol. The van der Waals surface area contributed by atoms with E-state index in [0.29, 0.717) is 18.3 Å². The molecule has 1 fully saturated rings. The van der Waals surface area contributed by atoms with Gasteiger partial charge in [0.15, 0.2) is 5.69 Å². The summed E-state index contributed by atoms with van der Waals surface area (Å²) in [6, 6.07) is 8.62. The van der Waals surface area contributed by atoms with E-state index in [0.717, 1.165) is 68.1 Å². The van der Waals surface area contributed by atoms with Gasteiger partial charge in [0.1, 0.15) is 5.75 Å². The largest absolute Gasteiger partial charge is 0.497 e. The lowest BCUT2D eigenvalue weighted by Crippen LogP contribution is -2.40. The van der Waals surface area contributed by atoms with Gasteiger partial charge in [0.25, 0.3) is 5.91 Å². The van der Waals surface area contributed by atoms with Gasteiger partial charge in [-0.05, 0) is 49.9 Å². The highest BCUT2D eigenvalue weighted by Gasteiger charge is 2.31. The monoisotopic (exact) mass is 440 g/mol. The first-order valence-corrected chi connectivity index (χ1v) is 12.3. The van der Waals surface area contributed by atoms with Crippen molar-refractivity contribution in [2.24, 2.45) is 0 Å². The fourth-order valence-corrected chi connectivity index (χ4v) is 5.34. The summed E-state index contributed by atoms with van der Waals surface area (Å²) in [6.07, 6.45) is 5.70. The topological polar surface area (TPSA) is 59.4 Å². The predicted octanol–water partition coefficient (Wildman–Crippen LogP) is 2.96. The van der Waals surface area contributed by atoms with Crippen LogP contribution < -0.4 is 10.1 Å². The van der Waals surface area contributed by atoms with Gasteiger partial charge in [-0.3, -0.25) is 9.48 Å². The standard InChI is InChI=1S/C24H32N4O2S/c1-3-12-28-22-9-6-19(25-11-10-18-4-7-20(30-2)8-5-18)17-21(22)23(26-28)24(29)27-13-15-31-16-14-27/h3-5,7-8,19,25H,1,6,9-17H2,2H3/t19-/m1/s1. The number of aromatic nitrogens is 2. The number of amides is 1. The molecule has 7 heteroatoms. The molecular weight excluding hydrogens is 408 g/mol. The summed E-state index contributed by atoms with van der Waals surface area (Å²) < 4.78 is 7.22. The molecule has 1 amide bonds. The van der Waals surface area contributed by atoms with Crippen molar-refractivity contribution in [3.8, 4) is 5.75 Å². The average molecular weight is 441 g/mol. The van der Waals surface area contributed by atoms with Crippen molar-refractivity contribution in [1.82, 2.24) is 20.0 Å². The van der Waals surface area contributed by atoms with E-state index in [1.807, 2.05) is 39.6 Å². The Morgan fingerprint density at radius 1 is 1.32 bits per heavy atom. The van der Waals surface area contributed by atoms with E-state index in [2.05, 4.69) is 24.0 Å². The number of fused-ring (bicyclic) bond motifs is 1. The van der Waals surface area contributed by atoms with Gasteiger partial charge in [0, 0.05) is 41.9 Å². The summed E-state index contributed by atoms with van der Waals surface area (Å²) in [5, 5.41) is 8.45. The van der Waals surface area contributed by atoms with Crippen molar-refractivity contribution in [2.75, 3.05) is 38.2 Å². The van der Waals surface area contributed by atoms with Gasteiger partial charge < -0.3 is 15.0 Å². The van der Waals surface area contributed by atoms with E-state index in [1.54, 1.807) is 7.11 Å². The summed E-state index contributed by atoms with van der Waals surface area (Å²) in [5.41, 5.74) is 4.30. The Labute approximate surface area is 189 Å². The third kappa shape index (κ3) is 5.15. The van der Waals surface area contributed by atoms with Gasteiger partial charge in [0.05, 0.1) is 13.7 Å². The van der Waals surface area contributed by atoms with Crippen molar-refractivity contribution >= 4 is 17.7 Å². The second-order valence-electron chi connectivity index (χ2n) is 8.14. The molecule has 31 heavy (non-hydrogen) atoms. The van der Waals surface area contributed by atoms with E-state index in [1.165, 1.54) is 11.3 Å². The molecule has 0 unspecified atom stereocenters. The molecule has 0 spiro atoms. The van der Waals surface area contributed by atoms with Crippen molar-refractivity contribution in [3.63, 3.8) is 0 Å². The lowest BCUT2D eigenvalue weighted by molar-refractivity contribution is 0.0764. The molecule has 166 valence electrons. The molecule has 1 aromatic heterocycles. The summed E-state index contributed by atoms with van der Waals surface area (Å²) >= 11 is 1.91. The fourth-order valence-electron chi connectivity index (χ4n) is 4.44. The number of benzene rings is 1. The lowest BCUT2D eigenvalue weighted by Gasteiger charge is -2.27. The Morgan fingerprint density at radius 2 is 2.10 bits per heavy atom. The van der Waals surface area contributed by atoms with E-state index in [9.17, 15) is 4.79 Å². The number of allylic oxidation sites excluding steroid dienone is 1. The molecule has 2 aliphatic rings. The molecule has 2 aromatic rings. The van der Waals surface area contributed by atoms with Crippen LogP contribution in [0.3, 0.4) is 0 Å². The van der Waals surface area contributed by atoms with Crippen LogP contribution in [-0.2, 0) is 25.8 Å². The minimum absolute atomic E-state index is 0.0956. The van der Waals surface area contributed by atoms with Crippen molar-refractivity contribution in [1.29, 1.82) is 0 Å². The number of ether oxygens (including phenoxy) is 1. The van der Waals surface area contributed by atoms with Crippen LogP contribution in [0, 0.1) is 0 Å². The van der Waals surface area contributed by atoms with E-state index in [-0.39, 0.29) is 5.91 Å². The Morgan fingerprint density at radius 3 is 2.81 bits per heavy atom. The summed E-state index contributed by atoms with van der Waals surface area (Å²) in [5.74, 6) is 3.00. The van der Waals surface area contributed by atoms with Gasteiger partial charge >= 0.3 is 0 Å². The number of methoxy groups -OCH3 is 1. The summed E-state index contributed by atoms with van der Waals surface area (Å²) in [7, 11) is 1.69.